The highest BCUT2D eigenvalue weighted by atomic mass is 28.2. The minimum atomic E-state index is -1.41. The monoisotopic (exact) mass is 297 g/mol. The fourth-order valence-electron chi connectivity index (χ4n) is 1.39. The van der Waals surface area contributed by atoms with Gasteiger partial charge in [0.1, 0.15) is 18.2 Å². The lowest BCUT2D eigenvalue weighted by Gasteiger charge is -2.27. The summed E-state index contributed by atoms with van der Waals surface area (Å²) in [4.78, 5) is 10.8. The predicted octanol–water partition coefficient (Wildman–Crippen LogP) is -3.01. The molecule has 0 spiro atoms. The number of aliphatic carboxylic acids is 1. The first-order valence-electron chi connectivity index (χ1n) is 6.17. The Labute approximate surface area is 113 Å². The van der Waals surface area contributed by atoms with Crippen molar-refractivity contribution in [3.8, 4) is 0 Å². The lowest BCUT2D eigenvalue weighted by atomic mass is 10.2. The third kappa shape index (κ3) is 8.26. The van der Waals surface area contributed by atoms with E-state index < -0.39 is 46.4 Å². The quantitative estimate of drug-likeness (QED) is 0.175. The van der Waals surface area contributed by atoms with Crippen LogP contribution in [0, 0.1) is 0 Å². The smallest absolute Gasteiger partial charge is 0.323 e. The molecule has 0 amide bonds. The third-order valence-electron chi connectivity index (χ3n) is 2.42. The van der Waals surface area contributed by atoms with Crippen molar-refractivity contribution >= 4 is 15.5 Å². The number of aliphatic hydroxyl groups excluding tert-OH is 3. The summed E-state index contributed by atoms with van der Waals surface area (Å²) < 4.78 is 5.29. The fraction of sp³-hybridized carbons (Fsp3) is 0.900. The number of hydrogen-bond acceptors (Lipinski definition) is 7. The van der Waals surface area contributed by atoms with Crippen molar-refractivity contribution in [3.05, 3.63) is 0 Å². The fourth-order valence-corrected chi connectivity index (χ4v) is 2.33. The van der Waals surface area contributed by atoms with Gasteiger partial charge >= 0.3 is 5.97 Å². The third-order valence-corrected chi connectivity index (χ3v) is 3.86. The standard InChI is InChI=1S/C10H23NO7Si/c1-2-3-18-8(7(13)5-19-10(16)17)11-6(4-12)9(14)15/h6-8,10-13,16-17H,2-5,19H2,1H3,(H,14,15). The van der Waals surface area contributed by atoms with Crippen molar-refractivity contribution in [2.75, 3.05) is 13.2 Å². The number of hydrogen-bond donors (Lipinski definition) is 6. The zero-order chi connectivity index (χ0) is 14.8. The van der Waals surface area contributed by atoms with Crippen LogP contribution in [-0.4, -0.2) is 78.5 Å². The second-order valence-corrected chi connectivity index (χ2v) is 6.04. The number of nitrogens with one attached hydrogen (secondary N) is 1. The van der Waals surface area contributed by atoms with Gasteiger partial charge in [0.2, 0.25) is 0 Å². The predicted molar refractivity (Wildman–Crippen MR) is 69.3 cm³/mol. The maximum Gasteiger partial charge on any atom is 0.323 e. The number of carboxylic acids is 1. The Balaban J connectivity index is 4.46. The summed E-state index contributed by atoms with van der Waals surface area (Å²) in [6, 6.07) is -1.08. The van der Waals surface area contributed by atoms with Crippen molar-refractivity contribution in [2.45, 2.75) is 43.7 Å². The van der Waals surface area contributed by atoms with E-state index in [1.807, 2.05) is 6.92 Å². The zero-order valence-electron chi connectivity index (χ0n) is 10.9. The summed E-state index contributed by atoms with van der Waals surface area (Å²) in [5, 5.41) is 47.7. The van der Waals surface area contributed by atoms with E-state index in [0.29, 0.717) is 13.0 Å². The molecule has 0 aromatic rings. The van der Waals surface area contributed by atoms with Gasteiger partial charge in [-0.25, -0.2) is 0 Å². The van der Waals surface area contributed by atoms with Gasteiger partial charge in [0.15, 0.2) is 0 Å². The molecule has 3 unspecified atom stereocenters. The summed E-state index contributed by atoms with van der Waals surface area (Å²) in [6.07, 6.45) is -1.32. The van der Waals surface area contributed by atoms with Gasteiger partial charge in [0, 0.05) is 6.61 Å². The second kappa shape index (κ2) is 10.3. The molecule has 9 heteroatoms. The van der Waals surface area contributed by atoms with Crippen LogP contribution in [0.15, 0.2) is 0 Å². The van der Waals surface area contributed by atoms with Gasteiger partial charge in [-0.3, -0.25) is 10.1 Å². The van der Waals surface area contributed by atoms with Crippen LogP contribution in [0.2, 0.25) is 6.04 Å². The first kappa shape index (κ1) is 18.4. The average molecular weight is 297 g/mol. The lowest BCUT2D eigenvalue weighted by Crippen LogP contribution is -2.52. The molecule has 3 atom stereocenters. The summed E-state index contributed by atoms with van der Waals surface area (Å²) >= 11 is 0. The molecule has 0 radical (unpaired) electrons. The second-order valence-electron chi connectivity index (χ2n) is 4.16. The van der Waals surface area contributed by atoms with Gasteiger partial charge < -0.3 is 30.3 Å². The maximum absolute atomic E-state index is 10.8. The molecular weight excluding hydrogens is 274 g/mol. The average Bonchev–Trinajstić information content (AvgIpc) is 2.35. The Morgan fingerprint density at radius 3 is 2.42 bits per heavy atom. The topological polar surface area (TPSA) is 139 Å². The Bertz CT molecular complexity index is 254. The van der Waals surface area contributed by atoms with Crippen molar-refractivity contribution in [2.24, 2.45) is 0 Å². The minimum absolute atomic E-state index is 0.164. The highest BCUT2D eigenvalue weighted by molar-refractivity contribution is 6.36. The molecule has 0 saturated carbocycles. The van der Waals surface area contributed by atoms with Crippen molar-refractivity contribution in [1.82, 2.24) is 5.32 Å². The van der Waals surface area contributed by atoms with Crippen molar-refractivity contribution < 1.29 is 35.1 Å². The normalized spacial score (nSPS) is 16.9. The molecule has 0 aliphatic rings. The summed E-state index contributed by atoms with van der Waals surface area (Å²) in [5.74, 6) is -2.66. The van der Waals surface area contributed by atoms with Crippen LogP contribution in [0.5, 0.6) is 0 Å². The van der Waals surface area contributed by atoms with Gasteiger partial charge in [-0.05, 0) is 12.5 Å². The molecule has 0 aliphatic carbocycles. The van der Waals surface area contributed by atoms with E-state index in [-0.39, 0.29) is 6.04 Å². The van der Waals surface area contributed by atoms with E-state index in [2.05, 4.69) is 5.32 Å². The van der Waals surface area contributed by atoms with E-state index in [4.69, 9.17) is 25.2 Å². The molecule has 8 nitrogen and oxygen atoms in total. The van der Waals surface area contributed by atoms with Crippen LogP contribution >= 0.6 is 0 Å². The van der Waals surface area contributed by atoms with Gasteiger partial charge in [-0.1, -0.05) is 6.92 Å². The Kier molecular flexibility index (Phi) is 9.96. The van der Waals surface area contributed by atoms with E-state index in [1.54, 1.807) is 0 Å². The SMILES string of the molecule is CCCOC(NC(CO)C(=O)O)C(O)C[SiH2]C(O)O. The highest BCUT2D eigenvalue weighted by Crippen LogP contribution is 2.05. The number of carboxylic acid groups (broad SMARTS) is 1. The van der Waals surface area contributed by atoms with Crippen LogP contribution in [0.25, 0.3) is 0 Å². The molecule has 0 aliphatic heterocycles. The molecule has 0 aromatic carbocycles. The maximum atomic E-state index is 10.8. The first-order valence-corrected chi connectivity index (χ1v) is 7.99. The van der Waals surface area contributed by atoms with E-state index in [0.717, 1.165) is 0 Å². The Morgan fingerprint density at radius 1 is 1.37 bits per heavy atom. The number of rotatable bonds is 11. The van der Waals surface area contributed by atoms with Gasteiger partial charge in [-0.15, -0.1) is 0 Å². The van der Waals surface area contributed by atoms with Gasteiger partial charge in [0.05, 0.1) is 22.2 Å². The van der Waals surface area contributed by atoms with E-state index in [9.17, 15) is 9.90 Å². The molecule has 0 saturated heterocycles. The molecule has 0 rings (SSSR count). The highest BCUT2D eigenvalue weighted by Gasteiger charge is 2.26. The molecule has 0 bridgehead atoms. The Hall–Kier alpha value is -0.553. The molecule has 0 heterocycles. The van der Waals surface area contributed by atoms with Gasteiger partial charge in [0.25, 0.3) is 0 Å². The molecule has 6 N–H and O–H groups in total. The van der Waals surface area contributed by atoms with Gasteiger partial charge in [-0.2, -0.15) is 0 Å². The van der Waals surface area contributed by atoms with Crippen LogP contribution in [0.1, 0.15) is 13.3 Å². The molecular formula is C10H23NO7Si. The van der Waals surface area contributed by atoms with Crippen LogP contribution in [-0.2, 0) is 9.53 Å². The molecule has 0 aromatic heterocycles. The van der Waals surface area contributed by atoms with Crippen LogP contribution in [0.4, 0.5) is 0 Å². The van der Waals surface area contributed by atoms with Crippen molar-refractivity contribution in [1.29, 1.82) is 0 Å². The summed E-state index contributed by atoms with van der Waals surface area (Å²) in [7, 11) is -1.30. The number of carbonyl (C=O) groups is 1. The first-order chi connectivity index (χ1) is 8.92. The number of aliphatic hydroxyl groups is 4. The largest absolute Gasteiger partial charge is 0.480 e. The lowest BCUT2D eigenvalue weighted by molar-refractivity contribution is -0.143. The summed E-state index contributed by atoms with van der Waals surface area (Å²) in [5.41, 5.74) is 0. The molecule has 0 fully saturated rings. The molecule has 19 heavy (non-hydrogen) atoms. The summed E-state index contributed by atoms with van der Waals surface area (Å²) in [6.45, 7) is 1.54. The number of ether oxygens (including phenoxy) is 1. The van der Waals surface area contributed by atoms with Crippen LogP contribution < -0.4 is 5.32 Å². The van der Waals surface area contributed by atoms with Crippen molar-refractivity contribution in [3.63, 3.8) is 0 Å². The van der Waals surface area contributed by atoms with E-state index >= 15 is 0 Å². The minimum Gasteiger partial charge on any atom is -0.480 e. The van der Waals surface area contributed by atoms with Crippen LogP contribution in [0.3, 0.4) is 0 Å². The van der Waals surface area contributed by atoms with E-state index in [1.165, 1.54) is 0 Å². The zero-order valence-corrected chi connectivity index (χ0v) is 12.3. The Morgan fingerprint density at radius 2 is 2.00 bits per heavy atom. The molecule has 114 valence electrons.